The van der Waals surface area contributed by atoms with Crippen LogP contribution >= 0.6 is 0 Å². The summed E-state index contributed by atoms with van der Waals surface area (Å²) in [6.45, 7) is 6.88. The Kier molecular flexibility index (Phi) is 5.88. The Bertz CT molecular complexity index is 422. The van der Waals surface area contributed by atoms with Crippen molar-refractivity contribution in [3.05, 3.63) is 35.9 Å². The van der Waals surface area contributed by atoms with E-state index in [0.29, 0.717) is 18.2 Å². The van der Waals surface area contributed by atoms with Crippen molar-refractivity contribution >= 4 is 0 Å². The minimum Gasteiger partial charge on any atom is -0.377 e. The summed E-state index contributed by atoms with van der Waals surface area (Å²) in [5, 5.41) is 3.80. The highest BCUT2D eigenvalue weighted by Gasteiger charge is 2.26. The molecule has 1 aromatic carbocycles. The molecule has 2 fully saturated rings. The quantitative estimate of drug-likeness (QED) is 0.874. The van der Waals surface area contributed by atoms with Crippen LogP contribution in [0.15, 0.2) is 30.3 Å². The van der Waals surface area contributed by atoms with Crippen LogP contribution in [0.5, 0.6) is 0 Å². The summed E-state index contributed by atoms with van der Waals surface area (Å²) >= 11 is 0. The van der Waals surface area contributed by atoms with Gasteiger partial charge in [0.1, 0.15) is 0 Å². The molecule has 3 heteroatoms. The molecule has 2 saturated heterocycles. The number of nitrogens with one attached hydrogen (secondary N) is 1. The Morgan fingerprint density at radius 3 is 2.64 bits per heavy atom. The van der Waals surface area contributed by atoms with Crippen LogP contribution in [0, 0.1) is 0 Å². The van der Waals surface area contributed by atoms with Gasteiger partial charge in [-0.1, -0.05) is 30.3 Å². The second-order valence-electron chi connectivity index (χ2n) is 6.86. The fourth-order valence-electron chi connectivity index (χ4n) is 3.73. The van der Waals surface area contributed by atoms with Crippen molar-refractivity contribution in [2.75, 3.05) is 26.2 Å². The lowest BCUT2D eigenvalue weighted by atomic mass is 10.0. The van der Waals surface area contributed by atoms with Gasteiger partial charge >= 0.3 is 0 Å². The summed E-state index contributed by atoms with van der Waals surface area (Å²) in [5.74, 6) is 0. The molecule has 0 saturated carbocycles. The zero-order chi connectivity index (χ0) is 15.2. The predicted octanol–water partition coefficient (Wildman–Crippen LogP) is 2.85. The van der Waals surface area contributed by atoms with Crippen LogP contribution in [0.4, 0.5) is 0 Å². The van der Waals surface area contributed by atoms with Crippen LogP contribution in [0.1, 0.15) is 38.2 Å². The van der Waals surface area contributed by atoms with Crippen LogP contribution in [0.25, 0.3) is 0 Å². The summed E-state index contributed by atoms with van der Waals surface area (Å²) in [7, 11) is 0. The number of hydrogen-bond donors (Lipinski definition) is 1. The van der Waals surface area contributed by atoms with E-state index in [0.717, 1.165) is 6.61 Å². The second kappa shape index (κ2) is 8.09. The van der Waals surface area contributed by atoms with E-state index in [2.05, 4.69) is 47.5 Å². The standard InChI is InChI=1S/C19H30N2O/c1-16(19-8-5-15-22-19)20-18-10-13-21(14-11-18)12-9-17-6-3-2-4-7-17/h2-4,6-7,16,18-20H,5,8-15H2,1H3/t16-,19+/m1/s1. The minimum absolute atomic E-state index is 0.441. The lowest BCUT2D eigenvalue weighted by molar-refractivity contribution is 0.0742. The van der Waals surface area contributed by atoms with E-state index in [1.165, 1.54) is 57.3 Å². The van der Waals surface area contributed by atoms with Crippen molar-refractivity contribution in [1.82, 2.24) is 10.2 Å². The number of piperidine rings is 1. The molecular weight excluding hydrogens is 272 g/mol. The third-order valence-corrected chi connectivity index (χ3v) is 5.17. The third kappa shape index (κ3) is 4.55. The molecule has 1 aromatic rings. The Morgan fingerprint density at radius 2 is 1.95 bits per heavy atom. The van der Waals surface area contributed by atoms with Gasteiger partial charge in [0.2, 0.25) is 0 Å². The maximum atomic E-state index is 5.79. The lowest BCUT2D eigenvalue weighted by Crippen LogP contribution is -2.48. The van der Waals surface area contributed by atoms with Crippen LogP contribution in [0.2, 0.25) is 0 Å². The molecule has 0 spiro atoms. The zero-order valence-electron chi connectivity index (χ0n) is 13.8. The van der Waals surface area contributed by atoms with E-state index in [1.54, 1.807) is 0 Å². The Hall–Kier alpha value is -0.900. The summed E-state index contributed by atoms with van der Waals surface area (Å²) in [6, 6.07) is 12.0. The second-order valence-corrected chi connectivity index (χ2v) is 6.86. The first-order valence-electron chi connectivity index (χ1n) is 8.95. The van der Waals surface area contributed by atoms with Gasteiger partial charge in [0.15, 0.2) is 0 Å². The molecule has 2 atom stereocenters. The molecular formula is C19H30N2O. The van der Waals surface area contributed by atoms with Crippen LogP contribution < -0.4 is 5.32 Å². The van der Waals surface area contributed by atoms with Crippen LogP contribution in [0.3, 0.4) is 0 Å². The molecule has 0 radical (unpaired) electrons. The molecule has 122 valence electrons. The monoisotopic (exact) mass is 302 g/mol. The zero-order valence-corrected chi connectivity index (χ0v) is 13.8. The van der Waals surface area contributed by atoms with E-state index in [1.807, 2.05) is 0 Å². The van der Waals surface area contributed by atoms with Crippen molar-refractivity contribution in [2.45, 2.75) is 57.2 Å². The summed E-state index contributed by atoms with van der Waals surface area (Å²) < 4.78 is 5.79. The third-order valence-electron chi connectivity index (χ3n) is 5.17. The smallest absolute Gasteiger partial charge is 0.0726 e. The summed E-state index contributed by atoms with van der Waals surface area (Å²) in [4.78, 5) is 2.61. The first-order chi connectivity index (χ1) is 10.8. The topological polar surface area (TPSA) is 24.5 Å². The highest BCUT2D eigenvalue weighted by atomic mass is 16.5. The largest absolute Gasteiger partial charge is 0.377 e. The van der Waals surface area contributed by atoms with Gasteiger partial charge in [-0.2, -0.15) is 0 Å². The molecule has 2 aliphatic heterocycles. The Labute approximate surface area is 135 Å². The maximum Gasteiger partial charge on any atom is 0.0726 e. The highest BCUT2D eigenvalue weighted by molar-refractivity contribution is 5.14. The van der Waals surface area contributed by atoms with Gasteiger partial charge in [-0.25, -0.2) is 0 Å². The molecule has 0 aliphatic carbocycles. The van der Waals surface area contributed by atoms with Gasteiger partial charge in [-0.15, -0.1) is 0 Å². The van der Waals surface area contributed by atoms with Gasteiger partial charge in [-0.05, 0) is 57.7 Å². The van der Waals surface area contributed by atoms with E-state index in [9.17, 15) is 0 Å². The number of rotatable bonds is 6. The average molecular weight is 302 g/mol. The van der Waals surface area contributed by atoms with E-state index < -0.39 is 0 Å². The minimum atomic E-state index is 0.441. The van der Waals surface area contributed by atoms with Gasteiger partial charge in [0, 0.05) is 25.2 Å². The van der Waals surface area contributed by atoms with Crippen molar-refractivity contribution in [3.63, 3.8) is 0 Å². The highest BCUT2D eigenvalue weighted by Crippen LogP contribution is 2.18. The van der Waals surface area contributed by atoms with Gasteiger partial charge < -0.3 is 15.0 Å². The average Bonchev–Trinajstić information content (AvgIpc) is 3.10. The lowest BCUT2D eigenvalue weighted by Gasteiger charge is -2.35. The summed E-state index contributed by atoms with van der Waals surface area (Å²) in [6.07, 6.45) is 6.61. The van der Waals surface area contributed by atoms with Gasteiger partial charge in [-0.3, -0.25) is 0 Å². The molecule has 22 heavy (non-hydrogen) atoms. The molecule has 2 heterocycles. The summed E-state index contributed by atoms with van der Waals surface area (Å²) in [5.41, 5.74) is 1.45. The first-order valence-corrected chi connectivity index (χ1v) is 8.95. The van der Waals surface area contributed by atoms with E-state index in [4.69, 9.17) is 4.74 Å². The fourth-order valence-corrected chi connectivity index (χ4v) is 3.73. The van der Waals surface area contributed by atoms with Crippen molar-refractivity contribution in [2.24, 2.45) is 0 Å². The number of likely N-dealkylation sites (tertiary alicyclic amines) is 1. The number of nitrogens with zero attached hydrogens (tertiary/aromatic N) is 1. The predicted molar refractivity (Wildman–Crippen MR) is 91.2 cm³/mol. The van der Waals surface area contributed by atoms with Gasteiger partial charge in [0.05, 0.1) is 6.10 Å². The number of hydrogen-bond acceptors (Lipinski definition) is 3. The number of ether oxygens (including phenoxy) is 1. The van der Waals surface area contributed by atoms with E-state index in [-0.39, 0.29) is 0 Å². The Balaban J connectivity index is 1.35. The molecule has 0 amide bonds. The molecule has 3 nitrogen and oxygen atoms in total. The maximum absolute atomic E-state index is 5.79. The number of benzene rings is 1. The SMILES string of the molecule is C[C@@H](NC1CCN(CCc2ccccc2)CC1)[C@@H]1CCCO1. The van der Waals surface area contributed by atoms with Crippen LogP contribution in [-0.2, 0) is 11.2 Å². The molecule has 2 aliphatic rings. The van der Waals surface area contributed by atoms with Gasteiger partial charge in [0.25, 0.3) is 0 Å². The molecule has 0 bridgehead atoms. The van der Waals surface area contributed by atoms with E-state index >= 15 is 0 Å². The van der Waals surface area contributed by atoms with Crippen molar-refractivity contribution < 1.29 is 4.74 Å². The Morgan fingerprint density at radius 1 is 1.18 bits per heavy atom. The molecule has 0 unspecified atom stereocenters. The molecule has 0 aromatic heterocycles. The van der Waals surface area contributed by atoms with Crippen molar-refractivity contribution in [3.8, 4) is 0 Å². The fraction of sp³-hybridized carbons (Fsp3) is 0.684. The molecule has 3 rings (SSSR count). The van der Waals surface area contributed by atoms with Crippen molar-refractivity contribution in [1.29, 1.82) is 0 Å². The first kappa shape index (κ1) is 16.0. The molecule has 1 N–H and O–H groups in total. The normalized spacial score (nSPS) is 25.4. The van der Waals surface area contributed by atoms with Crippen LogP contribution in [-0.4, -0.2) is 49.3 Å².